The van der Waals surface area contributed by atoms with Crippen molar-refractivity contribution in [3.05, 3.63) is 34.9 Å². The Kier molecular flexibility index (Phi) is 5.45. The van der Waals surface area contributed by atoms with Gasteiger partial charge in [0, 0.05) is 10.9 Å². The third-order valence-corrected chi connectivity index (χ3v) is 9.28. The Bertz CT molecular complexity index is 837. The van der Waals surface area contributed by atoms with Crippen molar-refractivity contribution in [2.24, 2.45) is 0 Å². The van der Waals surface area contributed by atoms with Gasteiger partial charge in [0.15, 0.2) is 35.3 Å². The largest absolute Gasteiger partial charge is 0.468 e. The molecule has 2 unspecified atom stereocenters. The molecule has 0 amide bonds. The highest BCUT2D eigenvalue weighted by Gasteiger charge is 2.58. The fourth-order valence-corrected chi connectivity index (χ4v) is 8.37. The van der Waals surface area contributed by atoms with Crippen LogP contribution >= 0.6 is 11.6 Å². The second-order valence-corrected chi connectivity index (χ2v) is 10.5. The Morgan fingerprint density at radius 2 is 1.32 bits per heavy atom. The smallest absolute Gasteiger partial charge is 0.324 e. The molecule has 1 heterocycles. The van der Waals surface area contributed by atoms with Crippen LogP contribution in [0.1, 0.15) is 11.5 Å². The zero-order valence-electron chi connectivity index (χ0n) is 13.2. The number of rotatable bonds is 3. The Hall–Kier alpha value is -1.65. The fraction of sp³-hybridized carbons (Fsp3) is 0.429. The molecule has 0 spiro atoms. The number of hydrogen-bond acceptors (Lipinski definition) is 8. The second kappa shape index (κ2) is 6.93. The van der Waals surface area contributed by atoms with E-state index in [2.05, 4.69) is 9.47 Å². The number of halogens is 1. The van der Waals surface area contributed by atoms with Gasteiger partial charge in [-0.15, -0.1) is 0 Å². The molecule has 0 aliphatic carbocycles. The normalized spacial score (nSPS) is 27.2. The molecule has 0 radical (unpaired) electrons. The molecule has 2 rings (SSSR count). The van der Waals surface area contributed by atoms with Gasteiger partial charge in [-0.2, -0.15) is 0 Å². The molecule has 1 aromatic carbocycles. The predicted octanol–water partition coefficient (Wildman–Crippen LogP) is 0.307. The van der Waals surface area contributed by atoms with Gasteiger partial charge in [0.25, 0.3) is 0 Å². The second-order valence-electron chi connectivity index (χ2n) is 5.41. The van der Waals surface area contributed by atoms with Crippen LogP contribution < -0.4 is 0 Å². The maximum atomic E-state index is 12.4. The summed E-state index contributed by atoms with van der Waals surface area (Å²) in [4.78, 5) is 24.3. The van der Waals surface area contributed by atoms with Crippen LogP contribution in [0.25, 0.3) is 0 Å². The van der Waals surface area contributed by atoms with Gasteiger partial charge in [-0.05, 0) is 17.7 Å². The van der Waals surface area contributed by atoms with E-state index in [0.717, 1.165) is 14.2 Å². The zero-order chi connectivity index (χ0) is 19.0. The van der Waals surface area contributed by atoms with Crippen LogP contribution in [0, 0.1) is 0 Å². The molecule has 1 aliphatic rings. The van der Waals surface area contributed by atoms with Crippen molar-refractivity contribution >= 4 is 43.2 Å². The maximum absolute atomic E-state index is 12.4. The maximum Gasteiger partial charge on any atom is 0.324 e. The van der Waals surface area contributed by atoms with Crippen molar-refractivity contribution in [3.8, 4) is 0 Å². The quantitative estimate of drug-likeness (QED) is 0.652. The van der Waals surface area contributed by atoms with E-state index in [1.54, 1.807) is 0 Å². The summed E-state index contributed by atoms with van der Waals surface area (Å²) in [6.45, 7) is 0. The van der Waals surface area contributed by atoms with E-state index in [9.17, 15) is 26.4 Å². The SMILES string of the molecule is COC(=O)C1C(c2ccc(Cl)cc2)C(C(=O)OC)S(=O)(=O)CS1(=O)=O. The van der Waals surface area contributed by atoms with Gasteiger partial charge in [-0.3, -0.25) is 9.59 Å². The minimum absolute atomic E-state index is 0.141. The Labute approximate surface area is 149 Å². The summed E-state index contributed by atoms with van der Waals surface area (Å²) in [6, 6.07) is 5.51. The number of carbonyl (C=O) groups excluding carboxylic acids is 2. The van der Waals surface area contributed by atoms with Crippen LogP contribution in [-0.2, 0) is 38.7 Å². The Balaban J connectivity index is 2.77. The molecule has 0 N–H and O–H groups in total. The molecular weight excluding hydrogens is 396 g/mol. The summed E-state index contributed by atoms with van der Waals surface area (Å²) in [6.07, 6.45) is 0. The Morgan fingerprint density at radius 3 is 1.68 bits per heavy atom. The third-order valence-electron chi connectivity index (χ3n) is 3.88. The predicted molar refractivity (Wildman–Crippen MR) is 88.5 cm³/mol. The summed E-state index contributed by atoms with van der Waals surface area (Å²) >= 11 is 5.80. The van der Waals surface area contributed by atoms with E-state index in [4.69, 9.17) is 11.6 Å². The summed E-state index contributed by atoms with van der Waals surface area (Å²) < 4.78 is 58.9. The number of sulfone groups is 2. The molecule has 138 valence electrons. The van der Waals surface area contributed by atoms with Crippen LogP contribution in [0.3, 0.4) is 0 Å². The highest BCUT2D eigenvalue weighted by Crippen LogP contribution is 2.39. The number of esters is 2. The number of methoxy groups -OCH3 is 2. The van der Waals surface area contributed by atoms with Crippen molar-refractivity contribution in [2.75, 3.05) is 19.3 Å². The van der Waals surface area contributed by atoms with Crippen LogP contribution in [0.2, 0.25) is 5.02 Å². The van der Waals surface area contributed by atoms with Crippen molar-refractivity contribution in [1.82, 2.24) is 0 Å². The van der Waals surface area contributed by atoms with Gasteiger partial charge in [0.1, 0.15) is 0 Å². The van der Waals surface area contributed by atoms with Crippen molar-refractivity contribution in [1.29, 1.82) is 0 Å². The molecule has 1 aromatic rings. The van der Waals surface area contributed by atoms with Crippen molar-refractivity contribution < 1.29 is 35.9 Å². The van der Waals surface area contributed by atoms with Crippen molar-refractivity contribution in [3.63, 3.8) is 0 Å². The van der Waals surface area contributed by atoms with E-state index in [1.807, 2.05) is 0 Å². The lowest BCUT2D eigenvalue weighted by molar-refractivity contribution is -0.142. The average Bonchev–Trinajstić information content (AvgIpc) is 2.52. The van der Waals surface area contributed by atoms with E-state index < -0.39 is 53.1 Å². The van der Waals surface area contributed by atoms with Crippen LogP contribution in [0.4, 0.5) is 0 Å². The van der Waals surface area contributed by atoms with Gasteiger partial charge >= 0.3 is 11.9 Å². The summed E-state index contributed by atoms with van der Waals surface area (Å²) in [5.41, 5.74) is 0.141. The Morgan fingerprint density at radius 1 is 0.920 bits per heavy atom. The summed E-state index contributed by atoms with van der Waals surface area (Å²) in [7, 11) is -6.90. The minimum Gasteiger partial charge on any atom is -0.468 e. The molecule has 0 bridgehead atoms. The zero-order valence-corrected chi connectivity index (χ0v) is 15.6. The fourth-order valence-electron chi connectivity index (χ4n) is 2.83. The van der Waals surface area contributed by atoms with Gasteiger partial charge in [-0.25, -0.2) is 16.8 Å². The molecule has 2 atom stereocenters. The van der Waals surface area contributed by atoms with Gasteiger partial charge in [-0.1, -0.05) is 23.7 Å². The molecule has 1 fully saturated rings. The first-order chi connectivity index (χ1) is 11.5. The number of benzene rings is 1. The van der Waals surface area contributed by atoms with Crippen LogP contribution in [0.15, 0.2) is 24.3 Å². The van der Waals surface area contributed by atoms with Gasteiger partial charge in [0.2, 0.25) is 0 Å². The molecule has 11 heteroatoms. The van der Waals surface area contributed by atoms with E-state index >= 15 is 0 Å². The monoisotopic (exact) mass is 410 g/mol. The lowest BCUT2D eigenvalue weighted by atomic mass is 9.91. The van der Waals surface area contributed by atoms with E-state index in [-0.39, 0.29) is 5.56 Å². The summed E-state index contributed by atoms with van der Waals surface area (Å²) in [5, 5.41) is -4.74. The van der Waals surface area contributed by atoms with Crippen molar-refractivity contribution in [2.45, 2.75) is 16.4 Å². The third kappa shape index (κ3) is 3.65. The number of ether oxygens (including phenoxy) is 2. The van der Waals surface area contributed by atoms with E-state index in [1.165, 1.54) is 24.3 Å². The van der Waals surface area contributed by atoms with Crippen LogP contribution in [0.5, 0.6) is 0 Å². The molecule has 8 nitrogen and oxygen atoms in total. The topological polar surface area (TPSA) is 121 Å². The highest BCUT2D eigenvalue weighted by molar-refractivity contribution is 8.10. The lowest BCUT2D eigenvalue weighted by Gasteiger charge is -2.34. The minimum atomic E-state index is -4.43. The molecule has 25 heavy (non-hydrogen) atoms. The number of hydrogen-bond donors (Lipinski definition) is 0. The standard InChI is InChI=1S/C14H15ClO8S2/c1-22-13(16)11-10(8-3-5-9(15)6-4-8)12(14(17)23-2)25(20,21)7-24(11,18)19/h3-6,10-12H,7H2,1-2H3. The summed E-state index contributed by atoms with van der Waals surface area (Å²) in [5.74, 6) is -3.81. The number of carbonyl (C=O) groups is 2. The molecule has 0 aromatic heterocycles. The van der Waals surface area contributed by atoms with Crippen LogP contribution in [-0.4, -0.2) is 58.6 Å². The van der Waals surface area contributed by atoms with E-state index in [0.29, 0.717) is 5.02 Å². The molecule has 1 aliphatic heterocycles. The van der Waals surface area contributed by atoms with Gasteiger partial charge in [0.05, 0.1) is 14.2 Å². The molecule has 1 saturated heterocycles. The first kappa shape index (κ1) is 19.7. The lowest BCUT2D eigenvalue weighted by Crippen LogP contribution is -2.55. The molecular formula is C14H15ClO8S2. The first-order valence-electron chi connectivity index (χ1n) is 6.89. The van der Waals surface area contributed by atoms with Gasteiger partial charge < -0.3 is 9.47 Å². The average molecular weight is 411 g/mol. The first-order valence-corrected chi connectivity index (χ1v) is 10.7. The highest BCUT2D eigenvalue weighted by atomic mass is 35.5. The molecule has 0 saturated carbocycles.